The Bertz CT molecular complexity index is 576. The molecule has 0 saturated heterocycles. The molecule has 0 aliphatic rings. The van der Waals surface area contributed by atoms with Crippen molar-refractivity contribution >= 4 is 11.6 Å². The van der Waals surface area contributed by atoms with Crippen LogP contribution in [-0.2, 0) is 4.79 Å². The number of carbonyl (C=O) groups excluding carboxylic acids is 1. The second-order valence-electron chi connectivity index (χ2n) is 4.61. The summed E-state index contributed by atoms with van der Waals surface area (Å²) in [5.41, 5.74) is 8.58. The van der Waals surface area contributed by atoms with Crippen molar-refractivity contribution in [1.29, 1.82) is 0 Å². The summed E-state index contributed by atoms with van der Waals surface area (Å²) in [6.07, 6.45) is 0. The molecule has 2 aromatic carbocycles. The zero-order valence-electron chi connectivity index (χ0n) is 11.6. The lowest BCUT2D eigenvalue weighted by Crippen LogP contribution is -2.27. The average molecular weight is 270 g/mol. The summed E-state index contributed by atoms with van der Waals surface area (Å²) in [6, 6.07) is 14.1. The van der Waals surface area contributed by atoms with Crippen LogP contribution < -0.4 is 15.8 Å². The first kappa shape index (κ1) is 14.1. The van der Waals surface area contributed by atoms with Crippen molar-refractivity contribution < 1.29 is 9.53 Å². The van der Waals surface area contributed by atoms with E-state index in [1.165, 1.54) is 0 Å². The molecule has 104 valence electrons. The number of methoxy groups -OCH3 is 1. The Morgan fingerprint density at radius 3 is 2.25 bits per heavy atom. The van der Waals surface area contributed by atoms with E-state index in [2.05, 4.69) is 5.32 Å². The van der Waals surface area contributed by atoms with Crippen LogP contribution >= 0.6 is 0 Å². The number of anilines is 1. The number of carbonyl (C=O) groups is 1. The number of benzene rings is 2. The fourth-order valence-electron chi connectivity index (χ4n) is 1.82. The fraction of sp³-hybridized carbons (Fsp3) is 0.188. The maximum atomic E-state index is 12.1. The lowest BCUT2D eigenvalue weighted by molar-refractivity contribution is -0.117. The largest absolute Gasteiger partial charge is 0.497 e. The number of hydrogen-bond donors (Lipinski definition) is 2. The van der Waals surface area contributed by atoms with Crippen LogP contribution in [0, 0.1) is 6.92 Å². The summed E-state index contributed by atoms with van der Waals surface area (Å²) in [5, 5.41) is 2.79. The molecular weight excluding hydrogens is 252 g/mol. The summed E-state index contributed by atoms with van der Waals surface area (Å²) in [6.45, 7) is 1.99. The molecule has 0 aliphatic heterocycles. The monoisotopic (exact) mass is 270 g/mol. The lowest BCUT2D eigenvalue weighted by atomic mass is 10.1. The van der Waals surface area contributed by atoms with Crippen LogP contribution in [0.5, 0.6) is 5.75 Å². The molecule has 0 spiro atoms. The van der Waals surface area contributed by atoms with Gasteiger partial charge in [0.15, 0.2) is 0 Å². The van der Waals surface area contributed by atoms with Crippen molar-refractivity contribution in [3.8, 4) is 5.75 Å². The minimum Gasteiger partial charge on any atom is -0.497 e. The van der Waals surface area contributed by atoms with Gasteiger partial charge in [0, 0.05) is 5.69 Å². The number of ether oxygens (including phenoxy) is 1. The summed E-state index contributed by atoms with van der Waals surface area (Å²) in [7, 11) is 1.60. The van der Waals surface area contributed by atoms with Gasteiger partial charge in [-0.25, -0.2) is 0 Å². The van der Waals surface area contributed by atoms with Crippen molar-refractivity contribution in [3.63, 3.8) is 0 Å². The standard InChI is InChI=1S/C16H18N2O2/c1-11-3-5-12(6-4-11)15(17)16(19)18-13-7-9-14(20-2)10-8-13/h3-10,15H,17H2,1-2H3,(H,18,19). The Morgan fingerprint density at radius 2 is 1.70 bits per heavy atom. The zero-order chi connectivity index (χ0) is 14.5. The van der Waals surface area contributed by atoms with Gasteiger partial charge in [-0.15, -0.1) is 0 Å². The Kier molecular flexibility index (Phi) is 4.38. The molecule has 4 nitrogen and oxygen atoms in total. The van der Waals surface area contributed by atoms with E-state index in [1.807, 2.05) is 31.2 Å². The number of rotatable bonds is 4. The van der Waals surface area contributed by atoms with E-state index in [4.69, 9.17) is 10.5 Å². The van der Waals surface area contributed by atoms with E-state index in [9.17, 15) is 4.79 Å². The number of nitrogens with two attached hydrogens (primary N) is 1. The van der Waals surface area contributed by atoms with Crippen molar-refractivity contribution in [2.75, 3.05) is 12.4 Å². The summed E-state index contributed by atoms with van der Waals surface area (Å²) >= 11 is 0. The van der Waals surface area contributed by atoms with E-state index in [0.717, 1.165) is 16.9 Å². The third kappa shape index (κ3) is 3.36. The number of nitrogens with one attached hydrogen (secondary N) is 1. The molecule has 2 rings (SSSR count). The van der Waals surface area contributed by atoms with Crippen molar-refractivity contribution in [2.45, 2.75) is 13.0 Å². The molecule has 3 N–H and O–H groups in total. The highest BCUT2D eigenvalue weighted by atomic mass is 16.5. The highest BCUT2D eigenvalue weighted by Crippen LogP contribution is 2.17. The summed E-state index contributed by atoms with van der Waals surface area (Å²) in [5.74, 6) is 0.504. The van der Waals surface area contributed by atoms with Gasteiger partial charge in [0.2, 0.25) is 5.91 Å². The third-order valence-corrected chi connectivity index (χ3v) is 3.08. The van der Waals surface area contributed by atoms with Crippen LogP contribution in [0.1, 0.15) is 17.2 Å². The molecular formula is C16H18N2O2. The minimum atomic E-state index is -0.683. The van der Waals surface area contributed by atoms with E-state index < -0.39 is 6.04 Å². The van der Waals surface area contributed by atoms with Gasteiger partial charge in [0.1, 0.15) is 11.8 Å². The normalized spacial score (nSPS) is 11.8. The van der Waals surface area contributed by atoms with Gasteiger partial charge in [-0.2, -0.15) is 0 Å². The molecule has 1 amide bonds. The number of hydrogen-bond acceptors (Lipinski definition) is 3. The van der Waals surface area contributed by atoms with Gasteiger partial charge in [0.25, 0.3) is 0 Å². The lowest BCUT2D eigenvalue weighted by Gasteiger charge is -2.13. The van der Waals surface area contributed by atoms with Crippen LogP contribution in [0.15, 0.2) is 48.5 Å². The molecule has 1 atom stereocenters. The van der Waals surface area contributed by atoms with Gasteiger partial charge in [-0.05, 0) is 36.8 Å². The topological polar surface area (TPSA) is 64.3 Å². The Morgan fingerprint density at radius 1 is 1.10 bits per heavy atom. The highest BCUT2D eigenvalue weighted by molar-refractivity contribution is 5.95. The molecule has 0 radical (unpaired) electrons. The van der Waals surface area contributed by atoms with Crippen LogP contribution in [0.3, 0.4) is 0 Å². The molecule has 0 fully saturated rings. The minimum absolute atomic E-state index is 0.237. The first-order valence-electron chi connectivity index (χ1n) is 6.37. The predicted molar refractivity (Wildman–Crippen MR) is 79.7 cm³/mol. The van der Waals surface area contributed by atoms with Gasteiger partial charge in [-0.3, -0.25) is 4.79 Å². The van der Waals surface area contributed by atoms with Crippen molar-refractivity contribution in [1.82, 2.24) is 0 Å². The molecule has 0 bridgehead atoms. The van der Waals surface area contributed by atoms with E-state index in [-0.39, 0.29) is 5.91 Å². The molecule has 0 saturated carbocycles. The number of aryl methyl sites for hydroxylation is 1. The smallest absolute Gasteiger partial charge is 0.245 e. The molecule has 0 heterocycles. The molecule has 0 aliphatic carbocycles. The van der Waals surface area contributed by atoms with Gasteiger partial charge < -0.3 is 15.8 Å². The first-order valence-corrected chi connectivity index (χ1v) is 6.37. The predicted octanol–water partition coefficient (Wildman–Crippen LogP) is 2.64. The second kappa shape index (κ2) is 6.21. The maximum Gasteiger partial charge on any atom is 0.245 e. The average Bonchev–Trinajstić information content (AvgIpc) is 2.48. The molecule has 2 aromatic rings. The van der Waals surface area contributed by atoms with Crippen molar-refractivity contribution in [2.24, 2.45) is 5.73 Å². The Labute approximate surface area is 118 Å². The van der Waals surface area contributed by atoms with Crippen LogP contribution in [0.4, 0.5) is 5.69 Å². The van der Waals surface area contributed by atoms with Crippen LogP contribution in [-0.4, -0.2) is 13.0 Å². The quantitative estimate of drug-likeness (QED) is 0.897. The summed E-state index contributed by atoms with van der Waals surface area (Å²) in [4.78, 5) is 12.1. The molecule has 0 aromatic heterocycles. The van der Waals surface area contributed by atoms with E-state index >= 15 is 0 Å². The van der Waals surface area contributed by atoms with E-state index in [1.54, 1.807) is 31.4 Å². The zero-order valence-corrected chi connectivity index (χ0v) is 11.6. The second-order valence-corrected chi connectivity index (χ2v) is 4.61. The summed E-state index contributed by atoms with van der Waals surface area (Å²) < 4.78 is 5.06. The van der Waals surface area contributed by atoms with E-state index in [0.29, 0.717) is 5.69 Å². The van der Waals surface area contributed by atoms with Gasteiger partial charge in [-0.1, -0.05) is 29.8 Å². The highest BCUT2D eigenvalue weighted by Gasteiger charge is 2.15. The SMILES string of the molecule is COc1ccc(NC(=O)C(N)c2ccc(C)cc2)cc1. The number of amides is 1. The maximum absolute atomic E-state index is 12.1. The third-order valence-electron chi connectivity index (χ3n) is 3.08. The van der Waals surface area contributed by atoms with Gasteiger partial charge >= 0.3 is 0 Å². The van der Waals surface area contributed by atoms with Crippen LogP contribution in [0.2, 0.25) is 0 Å². The Balaban J connectivity index is 2.05. The molecule has 20 heavy (non-hydrogen) atoms. The first-order chi connectivity index (χ1) is 9.60. The van der Waals surface area contributed by atoms with Crippen LogP contribution in [0.25, 0.3) is 0 Å². The Hall–Kier alpha value is -2.33. The molecule has 1 unspecified atom stereocenters. The van der Waals surface area contributed by atoms with Crippen molar-refractivity contribution in [3.05, 3.63) is 59.7 Å². The fourth-order valence-corrected chi connectivity index (χ4v) is 1.82. The van der Waals surface area contributed by atoms with Gasteiger partial charge in [0.05, 0.1) is 7.11 Å². The molecule has 4 heteroatoms.